The van der Waals surface area contributed by atoms with E-state index in [9.17, 15) is 18.0 Å². The van der Waals surface area contributed by atoms with Crippen LogP contribution < -0.4 is 5.01 Å². The van der Waals surface area contributed by atoms with Crippen LogP contribution in [0.3, 0.4) is 0 Å². The second-order valence-electron chi connectivity index (χ2n) is 9.70. The van der Waals surface area contributed by atoms with Crippen molar-refractivity contribution in [2.45, 2.75) is 58.9 Å². The second kappa shape index (κ2) is 8.59. The van der Waals surface area contributed by atoms with Crippen LogP contribution in [0, 0.1) is 6.92 Å². The fraction of sp³-hybridized carbons (Fsp3) is 0.565. The molecule has 0 radical (unpaired) electrons. The van der Waals surface area contributed by atoms with Gasteiger partial charge in [0.05, 0.1) is 23.0 Å². The molecule has 3 aliphatic heterocycles. The summed E-state index contributed by atoms with van der Waals surface area (Å²) in [5.74, 6) is 0.961. The molecule has 1 atom stereocenters. The molecule has 1 aromatic carbocycles. The summed E-state index contributed by atoms with van der Waals surface area (Å²) < 4.78 is 46.0. The van der Waals surface area contributed by atoms with Crippen LogP contribution in [-0.2, 0) is 10.9 Å². The van der Waals surface area contributed by atoms with E-state index in [2.05, 4.69) is 5.10 Å². The zero-order valence-electron chi connectivity index (χ0n) is 20.0. The van der Waals surface area contributed by atoms with Crippen LogP contribution in [0.5, 0.6) is 0 Å². The van der Waals surface area contributed by atoms with Crippen molar-refractivity contribution in [3.63, 3.8) is 0 Å². The molecule has 11 heteroatoms. The van der Waals surface area contributed by atoms with Gasteiger partial charge in [0.2, 0.25) is 0 Å². The number of ether oxygens (including phenoxy) is 1. The normalized spacial score (nSPS) is 20.8. The molecule has 1 amide bonds. The van der Waals surface area contributed by atoms with Gasteiger partial charge in [0, 0.05) is 38.8 Å². The van der Waals surface area contributed by atoms with Gasteiger partial charge in [0.15, 0.2) is 11.7 Å². The Morgan fingerprint density at radius 1 is 1.09 bits per heavy atom. The van der Waals surface area contributed by atoms with Crippen molar-refractivity contribution in [2.75, 3.05) is 31.2 Å². The van der Waals surface area contributed by atoms with Crippen molar-refractivity contribution in [3.8, 4) is 0 Å². The highest BCUT2D eigenvalue weighted by atomic mass is 19.4. The number of benzene rings is 1. The average Bonchev–Trinajstić information content (AvgIpc) is 2.93. The molecule has 0 aliphatic carbocycles. The highest BCUT2D eigenvalue weighted by Crippen LogP contribution is 2.42. The lowest BCUT2D eigenvalue weighted by atomic mass is 10.0. The van der Waals surface area contributed by atoms with Gasteiger partial charge in [-0.15, -0.1) is 0 Å². The highest BCUT2D eigenvalue weighted by molar-refractivity contribution is 6.47. The number of amidine groups is 2. The lowest BCUT2D eigenvalue weighted by Gasteiger charge is -2.39. The number of fused-ring (bicyclic) bond motifs is 3. The number of anilines is 1. The molecule has 3 aliphatic rings. The molecule has 3 heterocycles. The van der Waals surface area contributed by atoms with Gasteiger partial charge in [-0.25, -0.2) is 14.8 Å². The van der Waals surface area contributed by atoms with E-state index in [-0.39, 0.29) is 17.8 Å². The minimum absolute atomic E-state index is 0.106. The quantitative estimate of drug-likeness (QED) is 0.547. The third kappa shape index (κ3) is 4.88. The Bertz CT molecular complexity index is 1070. The van der Waals surface area contributed by atoms with Crippen LogP contribution in [0.4, 0.5) is 29.3 Å². The van der Waals surface area contributed by atoms with Crippen LogP contribution >= 0.6 is 0 Å². The third-order valence-electron chi connectivity index (χ3n) is 5.67. The standard InChI is InChI=1S/C23H29F3N6O2/c1-14-12-16(23(24,25)26)13-17-18(14)29-19(20-28-15(2)6-7-27-32(17)20)30-8-10-31(11-9-30)21(33)34-22(3,4)5/h7,12-13,15H,6,8-11H2,1-5H3. The first-order valence-electron chi connectivity index (χ1n) is 11.3. The molecule has 0 spiro atoms. The monoisotopic (exact) mass is 478 g/mol. The van der Waals surface area contributed by atoms with Gasteiger partial charge in [-0.3, -0.25) is 4.99 Å². The summed E-state index contributed by atoms with van der Waals surface area (Å²) in [7, 11) is 0. The molecule has 0 saturated carbocycles. The Balaban J connectivity index is 1.68. The summed E-state index contributed by atoms with van der Waals surface area (Å²) in [4.78, 5) is 25.6. The van der Waals surface area contributed by atoms with E-state index in [0.717, 1.165) is 12.1 Å². The van der Waals surface area contributed by atoms with Crippen LogP contribution in [-0.4, -0.2) is 71.6 Å². The van der Waals surface area contributed by atoms with Crippen LogP contribution in [0.25, 0.3) is 0 Å². The Kier molecular flexibility index (Phi) is 6.07. The Hall–Kier alpha value is -3.11. The Labute approximate surface area is 196 Å². The SMILES string of the molecule is Cc1cc(C(F)(F)F)cc2c1N=C(N1CCN(C(=O)OC(C)(C)C)CC1)C1=NC(C)CC=NN12. The van der Waals surface area contributed by atoms with E-state index in [4.69, 9.17) is 14.7 Å². The van der Waals surface area contributed by atoms with Gasteiger partial charge < -0.3 is 14.5 Å². The van der Waals surface area contributed by atoms with Crippen molar-refractivity contribution in [1.82, 2.24) is 9.80 Å². The summed E-state index contributed by atoms with van der Waals surface area (Å²) in [5, 5.41) is 5.91. The number of halogens is 3. The first-order valence-corrected chi connectivity index (χ1v) is 11.3. The zero-order valence-corrected chi connectivity index (χ0v) is 20.0. The van der Waals surface area contributed by atoms with Gasteiger partial charge in [-0.2, -0.15) is 18.3 Å². The lowest BCUT2D eigenvalue weighted by molar-refractivity contribution is -0.137. The molecular weight excluding hydrogens is 449 g/mol. The number of hydrogen-bond donors (Lipinski definition) is 0. The Morgan fingerprint density at radius 2 is 1.76 bits per heavy atom. The lowest BCUT2D eigenvalue weighted by Crippen LogP contribution is -2.55. The summed E-state index contributed by atoms with van der Waals surface area (Å²) >= 11 is 0. The van der Waals surface area contributed by atoms with E-state index >= 15 is 0 Å². The smallest absolute Gasteiger partial charge is 0.416 e. The maximum Gasteiger partial charge on any atom is 0.416 e. The molecule has 0 bridgehead atoms. The van der Waals surface area contributed by atoms with Crippen LogP contribution in [0.15, 0.2) is 27.2 Å². The predicted molar refractivity (Wildman–Crippen MR) is 125 cm³/mol. The molecule has 4 rings (SSSR count). The van der Waals surface area contributed by atoms with Gasteiger partial charge in [-0.05, 0) is 52.3 Å². The third-order valence-corrected chi connectivity index (χ3v) is 5.67. The van der Waals surface area contributed by atoms with E-state index in [0.29, 0.717) is 55.5 Å². The number of amides is 1. The first kappa shape index (κ1) is 24.0. The van der Waals surface area contributed by atoms with E-state index in [1.807, 2.05) is 32.6 Å². The minimum Gasteiger partial charge on any atom is -0.444 e. The number of alkyl halides is 3. The first-order chi connectivity index (χ1) is 15.8. The fourth-order valence-corrected chi connectivity index (χ4v) is 4.01. The maximum atomic E-state index is 13.5. The number of nitrogens with zero attached hydrogens (tertiary/aromatic N) is 6. The minimum atomic E-state index is -4.48. The molecule has 8 nitrogen and oxygen atoms in total. The average molecular weight is 479 g/mol. The predicted octanol–water partition coefficient (Wildman–Crippen LogP) is 4.59. The molecule has 0 aromatic heterocycles. The molecule has 1 saturated heterocycles. The van der Waals surface area contributed by atoms with Gasteiger partial charge >= 0.3 is 12.3 Å². The van der Waals surface area contributed by atoms with Crippen molar-refractivity contribution >= 4 is 35.4 Å². The van der Waals surface area contributed by atoms with E-state index in [1.165, 1.54) is 5.01 Å². The molecule has 184 valence electrons. The molecule has 34 heavy (non-hydrogen) atoms. The number of carbonyl (C=O) groups excluding carboxylic acids is 1. The second-order valence-corrected chi connectivity index (χ2v) is 9.70. The topological polar surface area (TPSA) is 73.1 Å². The van der Waals surface area contributed by atoms with E-state index < -0.39 is 17.3 Å². The number of hydrazone groups is 1. The van der Waals surface area contributed by atoms with Crippen LogP contribution in [0.1, 0.15) is 45.2 Å². The Morgan fingerprint density at radius 3 is 2.38 bits per heavy atom. The van der Waals surface area contributed by atoms with Crippen molar-refractivity contribution in [3.05, 3.63) is 23.3 Å². The zero-order chi connectivity index (χ0) is 24.8. The van der Waals surface area contributed by atoms with Gasteiger partial charge in [0.25, 0.3) is 0 Å². The van der Waals surface area contributed by atoms with Crippen molar-refractivity contribution in [1.29, 1.82) is 0 Å². The summed E-state index contributed by atoms with van der Waals surface area (Å²) in [6.45, 7) is 10.8. The number of hydrogen-bond acceptors (Lipinski definition) is 7. The van der Waals surface area contributed by atoms with Gasteiger partial charge in [-0.1, -0.05) is 0 Å². The largest absolute Gasteiger partial charge is 0.444 e. The molecule has 1 unspecified atom stereocenters. The number of piperazine rings is 1. The van der Waals surface area contributed by atoms with Crippen molar-refractivity contribution in [2.24, 2.45) is 15.1 Å². The summed E-state index contributed by atoms with van der Waals surface area (Å²) in [6.07, 6.45) is -2.62. The van der Waals surface area contributed by atoms with Gasteiger partial charge in [0.1, 0.15) is 5.60 Å². The summed E-state index contributed by atoms with van der Waals surface area (Å²) in [5.41, 5.74) is -0.237. The van der Waals surface area contributed by atoms with E-state index in [1.54, 1.807) is 18.0 Å². The molecule has 0 N–H and O–H groups in total. The molecule has 1 aromatic rings. The number of rotatable bonds is 0. The number of aryl methyl sites for hydroxylation is 1. The van der Waals surface area contributed by atoms with Crippen LogP contribution in [0.2, 0.25) is 0 Å². The fourth-order valence-electron chi connectivity index (χ4n) is 4.01. The number of carbonyl (C=O) groups is 1. The number of aliphatic imine (C=N–C) groups is 2. The van der Waals surface area contributed by atoms with Crippen molar-refractivity contribution < 1.29 is 22.7 Å². The summed E-state index contributed by atoms with van der Waals surface area (Å²) in [6, 6.07) is 2.07. The molecular formula is C23H29F3N6O2. The highest BCUT2D eigenvalue weighted by Gasteiger charge is 2.38. The molecule has 1 fully saturated rings. The maximum absolute atomic E-state index is 13.5.